The molecule has 3 heterocycles. The summed E-state index contributed by atoms with van der Waals surface area (Å²) in [6, 6.07) is 37.1. The number of aryl methyl sites for hydroxylation is 1. The predicted molar refractivity (Wildman–Crippen MR) is 255 cm³/mol. The van der Waals surface area contributed by atoms with E-state index in [0.29, 0.717) is 55.7 Å². The van der Waals surface area contributed by atoms with Crippen LogP contribution in [0.2, 0.25) is 5.04 Å². The van der Waals surface area contributed by atoms with E-state index < -0.39 is 13.7 Å². The zero-order valence-corrected chi connectivity index (χ0v) is 40.0. The average molecular weight is 920 g/mol. The summed E-state index contributed by atoms with van der Waals surface area (Å²) in [5, 5.41) is 3.11. The number of carbonyl (C=O) groups excluding carboxylic acids is 1. The van der Waals surface area contributed by atoms with E-state index in [1.54, 1.807) is 18.1 Å². The van der Waals surface area contributed by atoms with Gasteiger partial charge in [-0.15, -0.1) is 0 Å². The lowest BCUT2D eigenvalue weighted by Gasteiger charge is -2.45. The zero-order valence-electron chi connectivity index (χ0n) is 37.4. The molecule has 0 bridgehead atoms. The van der Waals surface area contributed by atoms with Gasteiger partial charge in [0.2, 0.25) is 0 Å². The number of halogens is 2. The molecule has 7 rings (SSSR count). The molecule has 0 radical (unpaired) electrons. The number of carbonyl (C=O) groups is 1. The van der Waals surface area contributed by atoms with Crippen LogP contribution in [0, 0.1) is 11.2 Å². The quantitative estimate of drug-likeness (QED) is 0.101. The van der Waals surface area contributed by atoms with Gasteiger partial charge in [-0.25, -0.2) is 9.18 Å². The van der Waals surface area contributed by atoms with E-state index in [9.17, 15) is 4.79 Å². The molecule has 0 saturated carbocycles. The maximum absolute atomic E-state index is 16.8. The highest BCUT2D eigenvalue weighted by molar-refractivity contribution is 9.10. The molecule has 1 amide bonds. The Bertz CT molecular complexity index is 2430. The summed E-state index contributed by atoms with van der Waals surface area (Å²) in [4.78, 5) is 22.2. The second kappa shape index (κ2) is 18.9. The maximum Gasteiger partial charge on any atom is 0.410 e. The Balaban J connectivity index is 1.27. The van der Waals surface area contributed by atoms with Crippen molar-refractivity contribution >= 4 is 57.3 Å². The molecule has 1 saturated heterocycles. The van der Waals surface area contributed by atoms with Gasteiger partial charge >= 0.3 is 6.09 Å². The van der Waals surface area contributed by atoms with Crippen LogP contribution in [-0.2, 0) is 33.5 Å². The van der Waals surface area contributed by atoms with Gasteiger partial charge in [-0.3, -0.25) is 4.98 Å². The highest BCUT2D eigenvalue weighted by atomic mass is 79.9. The fourth-order valence-corrected chi connectivity index (χ4v) is 14.1. The van der Waals surface area contributed by atoms with E-state index in [1.165, 1.54) is 10.4 Å². The van der Waals surface area contributed by atoms with E-state index in [2.05, 4.69) is 134 Å². The lowest BCUT2D eigenvalue weighted by atomic mass is 9.94. The van der Waals surface area contributed by atoms with Crippen molar-refractivity contribution < 1.29 is 23.1 Å². The van der Waals surface area contributed by atoms with Crippen molar-refractivity contribution in [1.29, 1.82) is 0 Å². The van der Waals surface area contributed by atoms with E-state index in [0.717, 1.165) is 39.2 Å². The minimum atomic E-state index is -2.87. The first-order chi connectivity index (χ1) is 29.7. The number of pyridine rings is 1. The molecule has 0 N–H and O–H groups in total. The van der Waals surface area contributed by atoms with Gasteiger partial charge < -0.3 is 28.3 Å². The van der Waals surface area contributed by atoms with E-state index in [-0.39, 0.29) is 29.7 Å². The molecule has 326 valence electrons. The first-order valence-corrected chi connectivity index (χ1v) is 24.4. The lowest BCUT2D eigenvalue weighted by molar-refractivity contribution is 0.0941. The van der Waals surface area contributed by atoms with Crippen molar-refractivity contribution in [3.8, 4) is 11.3 Å². The summed E-state index contributed by atoms with van der Waals surface area (Å²) < 4.78 is 38.6. The monoisotopic (exact) mass is 918 g/mol. The second-order valence-electron chi connectivity index (χ2n) is 18.2. The van der Waals surface area contributed by atoms with Crippen LogP contribution in [0.15, 0.2) is 120 Å². The predicted octanol–water partition coefficient (Wildman–Crippen LogP) is 10.9. The minimum Gasteiger partial charge on any atom is -0.445 e. The van der Waals surface area contributed by atoms with Crippen LogP contribution in [0.4, 0.5) is 14.9 Å². The Kier molecular flexibility index (Phi) is 13.8. The molecule has 1 fully saturated rings. The Hall–Kier alpha value is -4.81. The molecule has 8 nitrogen and oxygen atoms in total. The average Bonchev–Trinajstić information content (AvgIpc) is 3.59. The normalized spacial score (nSPS) is 14.4. The molecule has 0 aliphatic carbocycles. The Labute approximate surface area is 376 Å². The fraction of sp³-hybridized carbons (Fsp3) is 0.373. The number of amides is 1. The molecular weight excluding hydrogens is 860 g/mol. The lowest BCUT2D eigenvalue weighted by Crippen LogP contribution is -2.67. The Morgan fingerprint density at radius 1 is 0.871 bits per heavy atom. The standard InChI is InChI=1S/C51H60BrFN4O4Si/c1-9-41-42-25-26-44(52)45(53)48(42)57(34-51(6,7)35-61-62(50(3,4)5,39-21-15-11-16-22-39)40-23-17-12-18-24-40)47(41)43-31-38(32-54-46(43)36(2)59-8)55-27-29-56(30-28-55)49(58)60-33-37-19-13-10-14-20-37/h10-26,31-32,36H,9,27-30,33-35H2,1-8H3/t36-/m0/s1. The van der Waals surface area contributed by atoms with Crippen molar-refractivity contribution in [3.05, 3.63) is 143 Å². The molecule has 11 heteroatoms. The van der Waals surface area contributed by atoms with E-state index in [4.69, 9.17) is 18.9 Å². The third-order valence-corrected chi connectivity index (χ3v) is 17.9. The maximum atomic E-state index is 16.8. The number of hydrogen-bond acceptors (Lipinski definition) is 6. The van der Waals surface area contributed by atoms with Gasteiger partial charge in [-0.1, -0.05) is 139 Å². The summed E-state index contributed by atoms with van der Waals surface area (Å²) >= 11 is 3.54. The molecule has 2 aromatic heterocycles. The number of rotatable bonds is 14. The summed E-state index contributed by atoms with van der Waals surface area (Å²) in [5.41, 5.74) is 5.62. The number of methoxy groups -OCH3 is 1. The number of benzene rings is 4. The number of anilines is 1. The molecular formula is C51H60BrFN4O4Si. The number of hydrogen-bond donors (Lipinski definition) is 0. The van der Waals surface area contributed by atoms with Crippen molar-refractivity contribution in [3.63, 3.8) is 0 Å². The zero-order chi connectivity index (χ0) is 44.2. The Morgan fingerprint density at radius 3 is 2.03 bits per heavy atom. The number of ether oxygens (including phenoxy) is 2. The van der Waals surface area contributed by atoms with Crippen LogP contribution in [0.3, 0.4) is 0 Å². The molecule has 1 aliphatic heterocycles. The highest BCUT2D eigenvalue weighted by Gasteiger charge is 2.51. The van der Waals surface area contributed by atoms with Crippen LogP contribution < -0.4 is 15.3 Å². The molecule has 62 heavy (non-hydrogen) atoms. The Morgan fingerprint density at radius 2 is 1.47 bits per heavy atom. The number of fused-ring (bicyclic) bond motifs is 1. The number of nitrogens with zero attached hydrogens (tertiary/aromatic N) is 4. The van der Waals surface area contributed by atoms with E-state index >= 15 is 4.39 Å². The molecule has 1 aliphatic rings. The molecule has 0 unspecified atom stereocenters. The molecule has 4 aromatic carbocycles. The van der Waals surface area contributed by atoms with Gasteiger partial charge in [0.25, 0.3) is 8.32 Å². The van der Waals surface area contributed by atoms with Crippen molar-refractivity contribution in [2.24, 2.45) is 5.41 Å². The van der Waals surface area contributed by atoms with Crippen molar-refractivity contribution in [1.82, 2.24) is 14.5 Å². The molecule has 0 spiro atoms. The van der Waals surface area contributed by atoms with Crippen LogP contribution in [0.25, 0.3) is 22.2 Å². The van der Waals surface area contributed by atoms with Crippen molar-refractivity contribution in [2.75, 3.05) is 44.8 Å². The number of piperazine rings is 1. The van der Waals surface area contributed by atoms with E-state index in [1.807, 2.05) is 49.5 Å². The summed E-state index contributed by atoms with van der Waals surface area (Å²) in [6.07, 6.45) is 1.92. The van der Waals surface area contributed by atoms with Gasteiger partial charge in [0.15, 0.2) is 5.82 Å². The molecule has 6 aromatic rings. The summed E-state index contributed by atoms with van der Waals surface area (Å²) in [5.74, 6) is -0.298. The molecule has 1 atom stereocenters. The third kappa shape index (κ3) is 9.13. The second-order valence-corrected chi connectivity index (χ2v) is 23.3. The van der Waals surface area contributed by atoms with Gasteiger partial charge in [0, 0.05) is 62.8 Å². The van der Waals surface area contributed by atoms with Gasteiger partial charge in [-0.2, -0.15) is 0 Å². The number of aromatic nitrogens is 2. The minimum absolute atomic E-state index is 0.200. The van der Waals surface area contributed by atoms with Crippen LogP contribution in [0.5, 0.6) is 0 Å². The fourth-order valence-electron chi connectivity index (χ4n) is 9.03. The smallest absolute Gasteiger partial charge is 0.410 e. The topological polar surface area (TPSA) is 69.1 Å². The van der Waals surface area contributed by atoms with Gasteiger partial charge in [0.1, 0.15) is 6.61 Å². The van der Waals surface area contributed by atoms with Gasteiger partial charge in [0.05, 0.1) is 39.4 Å². The highest BCUT2D eigenvalue weighted by Crippen LogP contribution is 2.44. The van der Waals surface area contributed by atoms with Crippen LogP contribution >= 0.6 is 15.9 Å². The van der Waals surface area contributed by atoms with Crippen molar-refractivity contribution in [2.45, 2.75) is 79.2 Å². The van der Waals surface area contributed by atoms with Gasteiger partial charge in [-0.05, 0) is 67.9 Å². The SMILES string of the molecule is CCc1c(-c2cc(N3CCN(C(=O)OCc4ccccc4)CC3)cnc2[C@H](C)OC)n(CC(C)(C)CO[Si](c2ccccc2)(c2ccccc2)C(C)(C)C)c2c(F)c(Br)ccc12. The summed E-state index contributed by atoms with van der Waals surface area (Å²) in [7, 11) is -1.18. The third-order valence-electron chi connectivity index (χ3n) is 12.3. The van der Waals surface area contributed by atoms with Crippen LogP contribution in [-0.4, -0.2) is 68.8 Å². The first-order valence-electron chi connectivity index (χ1n) is 21.7. The summed E-state index contributed by atoms with van der Waals surface area (Å²) in [6.45, 7) is 18.8. The largest absolute Gasteiger partial charge is 0.445 e. The first kappa shape index (κ1) is 45.2. The van der Waals surface area contributed by atoms with Crippen LogP contribution in [0.1, 0.15) is 71.4 Å².